The van der Waals surface area contributed by atoms with Crippen LogP contribution < -0.4 is 10.6 Å². The highest BCUT2D eigenvalue weighted by Gasteiger charge is 2.17. The van der Waals surface area contributed by atoms with Gasteiger partial charge >= 0.3 is 0 Å². The third kappa shape index (κ3) is 6.01. The van der Waals surface area contributed by atoms with Crippen LogP contribution in [0.3, 0.4) is 0 Å². The molecule has 0 spiro atoms. The van der Waals surface area contributed by atoms with Crippen molar-refractivity contribution < 1.29 is 0 Å². The lowest BCUT2D eigenvalue weighted by atomic mass is 9.95. The zero-order chi connectivity index (χ0) is 21.6. The number of nitrogens with zero attached hydrogens (tertiary/aromatic N) is 4. The average molecular weight is 457 g/mol. The minimum absolute atomic E-state index is 0.613. The summed E-state index contributed by atoms with van der Waals surface area (Å²) < 4.78 is 0. The van der Waals surface area contributed by atoms with Crippen molar-refractivity contribution in [1.29, 1.82) is 0 Å². The van der Waals surface area contributed by atoms with Crippen LogP contribution in [0, 0.1) is 5.92 Å². The van der Waals surface area contributed by atoms with E-state index in [-0.39, 0.29) is 0 Å². The molecule has 0 aliphatic carbocycles. The molecule has 2 N–H and O–H groups in total. The first-order chi connectivity index (χ1) is 15.1. The Morgan fingerprint density at radius 2 is 1.94 bits per heavy atom. The molecule has 0 saturated carbocycles. The van der Waals surface area contributed by atoms with Crippen LogP contribution in [0.2, 0.25) is 5.02 Å². The molecule has 1 aliphatic rings. The summed E-state index contributed by atoms with van der Waals surface area (Å²) in [5.74, 6) is 1.33. The van der Waals surface area contributed by atoms with Gasteiger partial charge in [-0.3, -0.25) is 0 Å². The zero-order valence-electron chi connectivity index (χ0n) is 18.1. The molecule has 1 aliphatic heterocycles. The van der Waals surface area contributed by atoms with Crippen LogP contribution in [0.1, 0.15) is 17.8 Å². The summed E-state index contributed by atoms with van der Waals surface area (Å²) in [6, 6.07) is 9.81. The van der Waals surface area contributed by atoms with Gasteiger partial charge in [0.25, 0.3) is 0 Å². The summed E-state index contributed by atoms with van der Waals surface area (Å²) in [7, 11) is 4.10. The molecule has 8 heteroatoms. The van der Waals surface area contributed by atoms with Crippen LogP contribution in [-0.4, -0.2) is 60.1 Å². The lowest BCUT2D eigenvalue weighted by Gasteiger charge is -2.21. The van der Waals surface area contributed by atoms with Crippen LogP contribution in [0.25, 0.3) is 21.8 Å². The fourth-order valence-corrected chi connectivity index (χ4v) is 4.93. The first-order valence-electron chi connectivity index (χ1n) is 10.8. The summed E-state index contributed by atoms with van der Waals surface area (Å²) >= 11 is 8.20. The van der Waals surface area contributed by atoms with E-state index in [0.29, 0.717) is 16.9 Å². The van der Waals surface area contributed by atoms with Crippen LogP contribution in [0.15, 0.2) is 36.5 Å². The molecular formula is C23H29ClN6S. The first kappa shape index (κ1) is 22.1. The fourth-order valence-electron chi connectivity index (χ4n) is 3.71. The number of hydrogen-bond acceptors (Lipinski definition) is 7. The van der Waals surface area contributed by atoms with Crippen molar-refractivity contribution in [3.8, 4) is 21.8 Å². The summed E-state index contributed by atoms with van der Waals surface area (Å²) in [4.78, 5) is 17.4. The van der Waals surface area contributed by atoms with Gasteiger partial charge in [0.2, 0.25) is 5.95 Å². The zero-order valence-corrected chi connectivity index (χ0v) is 19.6. The lowest BCUT2D eigenvalue weighted by molar-refractivity contribution is 0.372. The summed E-state index contributed by atoms with van der Waals surface area (Å²) in [6.45, 7) is 3.88. The Labute approximate surface area is 193 Å². The number of thiazole rings is 1. The maximum absolute atomic E-state index is 6.47. The van der Waals surface area contributed by atoms with Gasteiger partial charge in [0.1, 0.15) is 0 Å². The van der Waals surface area contributed by atoms with E-state index in [1.54, 1.807) is 11.3 Å². The summed E-state index contributed by atoms with van der Waals surface area (Å²) in [5, 5.41) is 8.66. The number of hydrogen-bond donors (Lipinski definition) is 2. The molecule has 164 valence electrons. The highest BCUT2D eigenvalue weighted by Crippen LogP contribution is 2.33. The number of likely N-dealkylation sites (N-methyl/N-ethyl adjacent to an activating group) is 1. The topological polar surface area (TPSA) is 66.0 Å². The van der Waals surface area contributed by atoms with Gasteiger partial charge in [-0.2, -0.15) is 0 Å². The summed E-state index contributed by atoms with van der Waals surface area (Å²) in [5.41, 5.74) is 2.60. The Bertz CT molecular complexity index is 999. The quantitative estimate of drug-likeness (QED) is 0.522. The molecule has 1 aromatic carbocycles. The van der Waals surface area contributed by atoms with E-state index < -0.39 is 0 Å². The molecule has 2 aromatic heterocycles. The third-order valence-electron chi connectivity index (χ3n) is 5.45. The standard InChI is InChI=1S/C23H29ClN6S/c1-30(2)12-11-26-23-28-19(17-5-3-4-6-18(17)24)14-20(29-23)21-15-27-22(31-21)13-16-7-9-25-10-8-16/h3-6,14-16,25H,7-13H2,1-2H3,(H,26,28,29). The van der Waals surface area contributed by atoms with Gasteiger partial charge < -0.3 is 15.5 Å². The number of piperidine rings is 1. The molecule has 3 heterocycles. The van der Waals surface area contributed by atoms with E-state index in [0.717, 1.165) is 54.4 Å². The number of benzene rings is 1. The first-order valence-corrected chi connectivity index (χ1v) is 12.0. The average Bonchev–Trinajstić information content (AvgIpc) is 3.23. The smallest absolute Gasteiger partial charge is 0.223 e. The number of anilines is 1. The number of aromatic nitrogens is 3. The molecule has 1 fully saturated rings. The largest absolute Gasteiger partial charge is 0.353 e. The van der Waals surface area contributed by atoms with Crippen LogP contribution in [0.4, 0.5) is 5.95 Å². The maximum atomic E-state index is 6.47. The molecule has 4 rings (SSSR count). The predicted molar refractivity (Wildman–Crippen MR) is 130 cm³/mol. The summed E-state index contributed by atoms with van der Waals surface area (Å²) in [6.07, 6.45) is 5.43. The van der Waals surface area contributed by atoms with Gasteiger partial charge in [0.15, 0.2) is 0 Å². The van der Waals surface area contributed by atoms with E-state index >= 15 is 0 Å². The molecule has 0 amide bonds. The Morgan fingerprint density at radius 1 is 1.16 bits per heavy atom. The van der Waals surface area contributed by atoms with Crippen molar-refractivity contribution in [2.75, 3.05) is 45.6 Å². The van der Waals surface area contributed by atoms with Crippen LogP contribution >= 0.6 is 22.9 Å². The molecule has 1 saturated heterocycles. The Morgan fingerprint density at radius 3 is 2.71 bits per heavy atom. The van der Waals surface area contributed by atoms with E-state index in [1.807, 2.05) is 36.5 Å². The molecular weight excluding hydrogens is 428 g/mol. The van der Waals surface area contributed by atoms with Crippen LogP contribution in [-0.2, 0) is 6.42 Å². The van der Waals surface area contributed by atoms with Gasteiger partial charge in [-0.1, -0.05) is 29.8 Å². The third-order valence-corrected chi connectivity index (χ3v) is 6.82. The maximum Gasteiger partial charge on any atom is 0.223 e. The molecule has 0 atom stereocenters. The monoisotopic (exact) mass is 456 g/mol. The van der Waals surface area contributed by atoms with E-state index in [4.69, 9.17) is 26.6 Å². The highest BCUT2D eigenvalue weighted by molar-refractivity contribution is 7.15. The number of halogens is 1. The Balaban J connectivity index is 1.61. The van der Waals surface area contributed by atoms with Gasteiger partial charge in [0, 0.05) is 36.3 Å². The van der Waals surface area contributed by atoms with Gasteiger partial charge in [0.05, 0.1) is 21.3 Å². The fraction of sp³-hybridized carbons (Fsp3) is 0.435. The SMILES string of the molecule is CN(C)CCNc1nc(-c2cnc(CC3CCNCC3)s2)cc(-c2ccccc2Cl)n1. The molecule has 0 radical (unpaired) electrons. The minimum Gasteiger partial charge on any atom is -0.353 e. The molecule has 3 aromatic rings. The second-order valence-corrected chi connectivity index (χ2v) is 9.71. The van der Waals surface area contributed by atoms with Crippen molar-refractivity contribution in [3.63, 3.8) is 0 Å². The number of nitrogens with one attached hydrogen (secondary N) is 2. The highest BCUT2D eigenvalue weighted by atomic mass is 35.5. The van der Waals surface area contributed by atoms with Crippen LogP contribution in [0.5, 0.6) is 0 Å². The predicted octanol–water partition coefficient (Wildman–Crippen LogP) is 4.44. The number of rotatable bonds is 8. The van der Waals surface area contributed by atoms with Crippen molar-refractivity contribution in [1.82, 2.24) is 25.2 Å². The van der Waals surface area contributed by atoms with E-state index in [1.165, 1.54) is 17.8 Å². The van der Waals surface area contributed by atoms with E-state index in [2.05, 4.69) is 29.6 Å². The van der Waals surface area contributed by atoms with Gasteiger partial charge in [-0.15, -0.1) is 11.3 Å². The van der Waals surface area contributed by atoms with Crippen molar-refractivity contribution in [2.45, 2.75) is 19.3 Å². The Hall–Kier alpha value is -2.06. The second kappa shape index (κ2) is 10.5. The van der Waals surface area contributed by atoms with Crippen molar-refractivity contribution in [3.05, 3.63) is 46.6 Å². The lowest BCUT2D eigenvalue weighted by Crippen LogP contribution is -2.28. The van der Waals surface area contributed by atoms with Crippen molar-refractivity contribution >= 4 is 28.9 Å². The van der Waals surface area contributed by atoms with Crippen molar-refractivity contribution in [2.24, 2.45) is 5.92 Å². The van der Waals surface area contributed by atoms with Gasteiger partial charge in [-0.05, 0) is 58.1 Å². The molecule has 31 heavy (non-hydrogen) atoms. The molecule has 0 bridgehead atoms. The molecule has 0 unspecified atom stereocenters. The minimum atomic E-state index is 0.613. The normalized spacial score (nSPS) is 14.8. The Kier molecular flexibility index (Phi) is 7.50. The van der Waals surface area contributed by atoms with E-state index in [9.17, 15) is 0 Å². The second-order valence-electron chi connectivity index (χ2n) is 8.19. The molecule has 6 nitrogen and oxygen atoms in total. The van der Waals surface area contributed by atoms with Gasteiger partial charge in [-0.25, -0.2) is 15.0 Å².